The van der Waals surface area contributed by atoms with E-state index in [9.17, 15) is 0 Å². The quantitative estimate of drug-likeness (QED) is 0.775. The zero-order chi connectivity index (χ0) is 18.2. The number of hydrogen-bond donors (Lipinski definition) is 0. The molecule has 0 saturated carbocycles. The molecular weight excluding hydrogens is 318 g/mol. The van der Waals surface area contributed by atoms with Gasteiger partial charge in [0.2, 0.25) is 0 Å². The van der Waals surface area contributed by atoms with Crippen LogP contribution in [0.25, 0.3) is 6.08 Å². The number of piperazine rings is 1. The summed E-state index contributed by atoms with van der Waals surface area (Å²) in [6, 6.07) is 11.1. The Morgan fingerprint density at radius 3 is 2.58 bits per heavy atom. The third-order valence-electron chi connectivity index (χ3n) is 5.18. The first-order valence-corrected chi connectivity index (χ1v) is 9.81. The van der Waals surface area contributed by atoms with Crippen LogP contribution in [-0.2, 0) is 0 Å². The van der Waals surface area contributed by atoms with Gasteiger partial charge in [0.25, 0.3) is 0 Å². The van der Waals surface area contributed by atoms with Crippen molar-refractivity contribution in [2.24, 2.45) is 10.9 Å². The van der Waals surface area contributed by atoms with Crippen molar-refractivity contribution in [3.8, 4) is 0 Å². The minimum Gasteiger partial charge on any atom is -0.299 e. The van der Waals surface area contributed by atoms with Crippen molar-refractivity contribution < 1.29 is 0 Å². The average molecular weight is 350 g/mol. The summed E-state index contributed by atoms with van der Waals surface area (Å²) in [4.78, 5) is 10.00. The maximum absolute atomic E-state index is 4.90. The van der Waals surface area contributed by atoms with E-state index >= 15 is 0 Å². The Kier molecular flexibility index (Phi) is 6.98. The molecule has 1 aromatic rings. The van der Waals surface area contributed by atoms with E-state index in [0.717, 1.165) is 26.2 Å². The first-order valence-electron chi connectivity index (χ1n) is 9.81. The fraction of sp³-hybridized carbons (Fsp3) is 0.435. The highest BCUT2D eigenvalue weighted by Gasteiger charge is 2.18. The molecule has 1 fully saturated rings. The Morgan fingerprint density at radius 1 is 1.08 bits per heavy atom. The van der Waals surface area contributed by atoms with Crippen molar-refractivity contribution in [1.82, 2.24) is 9.80 Å². The first-order chi connectivity index (χ1) is 12.7. The topological polar surface area (TPSA) is 18.8 Å². The molecule has 3 heteroatoms. The largest absolute Gasteiger partial charge is 0.299 e. The van der Waals surface area contributed by atoms with Gasteiger partial charge in [-0.15, -0.1) is 0 Å². The second kappa shape index (κ2) is 9.65. The molecule has 0 amide bonds. The Balaban J connectivity index is 1.51. The van der Waals surface area contributed by atoms with Crippen molar-refractivity contribution in [3.05, 3.63) is 66.3 Å². The molecule has 1 saturated heterocycles. The molecule has 0 bridgehead atoms. The van der Waals surface area contributed by atoms with Crippen LogP contribution < -0.4 is 0 Å². The number of rotatable bonds is 6. The van der Waals surface area contributed by atoms with Gasteiger partial charge in [-0.3, -0.25) is 14.8 Å². The normalized spacial score (nSPS) is 23.5. The summed E-state index contributed by atoms with van der Waals surface area (Å²) < 4.78 is 0. The van der Waals surface area contributed by atoms with Crippen LogP contribution in [0.4, 0.5) is 0 Å². The summed E-state index contributed by atoms with van der Waals surface area (Å²) in [5.41, 5.74) is 2.40. The smallest absolute Gasteiger partial charge is 0.0520 e. The van der Waals surface area contributed by atoms with Gasteiger partial charge in [0.05, 0.1) is 6.54 Å². The third kappa shape index (κ3) is 5.52. The summed E-state index contributed by atoms with van der Waals surface area (Å²) in [6.07, 6.45) is 13.0. The van der Waals surface area contributed by atoms with Crippen LogP contribution in [0, 0.1) is 5.92 Å². The van der Waals surface area contributed by atoms with E-state index in [1.54, 1.807) is 0 Å². The third-order valence-corrected chi connectivity index (χ3v) is 5.18. The zero-order valence-electron chi connectivity index (χ0n) is 16.1. The molecule has 138 valence electrons. The van der Waals surface area contributed by atoms with Gasteiger partial charge < -0.3 is 0 Å². The van der Waals surface area contributed by atoms with Gasteiger partial charge >= 0.3 is 0 Å². The lowest BCUT2D eigenvalue weighted by atomic mass is 9.97. The highest BCUT2D eigenvalue weighted by molar-refractivity contribution is 6.00. The Morgan fingerprint density at radius 2 is 1.85 bits per heavy atom. The first kappa shape index (κ1) is 18.8. The lowest BCUT2D eigenvalue weighted by molar-refractivity contribution is 0.111. The zero-order valence-corrected chi connectivity index (χ0v) is 16.1. The fourth-order valence-electron chi connectivity index (χ4n) is 3.47. The van der Waals surface area contributed by atoms with Crippen molar-refractivity contribution in [3.63, 3.8) is 0 Å². The van der Waals surface area contributed by atoms with E-state index in [1.165, 1.54) is 24.4 Å². The van der Waals surface area contributed by atoms with E-state index in [2.05, 4.69) is 90.4 Å². The number of allylic oxidation sites excluding steroid dienone is 5. The molecule has 0 spiro atoms. The van der Waals surface area contributed by atoms with E-state index in [0.29, 0.717) is 6.04 Å². The van der Waals surface area contributed by atoms with E-state index in [4.69, 9.17) is 4.99 Å². The predicted octanol–water partition coefficient (Wildman–Crippen LogP) is 3.91. The van der Waals surface area contributed by atoms with E-state index in [-0.39, 0.29) is 5.92 Å². The van der Waals surface area contributed by atoms with Crippen LogP contribution in [-0.4, -0.2) is 60.8 Å². The maximum atomic E-state index is 4.90. The van der Waals surface area contributed by atoms with Crippen molar-refractivity contribution in [2.75, 3.05) is 39.3 Å². The molecule has 3 rings (SSSR count). The minimum absolute atomic E-state index is 0.276. The Hall–Kier alpha value is -1.97. The van der Waals surface area contributed by atoms with Crippen LogP contribution in [0.5, 0.6) is 0 Å². The molecule has 1 unspecified atom stereocenters. The van der Waals surface area contributed by atoms with Gasteiger partial charge in [-0.25, -0.2) is 0 Å². The molecule has 2 aliphatic rings. The van der Waals surface area contributed by atoms with Gasteiger partial charge in [-0.2, -0.15) is 0 Å². The number of aliphatic imine (C=N–C) groups is 1. The Labute approximate surface area is 158 Å². The molecule has 1 aliphatic carbocycles. The van der Waals surface area contributed by atoms with Crippen LogP contribution >= 0.6 is 0 Å². The summed E-state index contributed by atoms with van der Waals surface area (Å²) in [5, 5.41) is 0. The number of benzene rings is 1. The fourth-order valence-corrected chi connectivity index (χ4v) is 3.47. The lowest BCUT2D eigenvalue weighted by Crippen LogP contribution is -2.49. The van der Waals surface area contributed by atoms with E-state index < -0.39 is 0 Å². The summed E-state index contributed by atoms with van der Waals surface area (Å²) in [7, 11) is 0. The average Bonchev–Trinajstić information content (AvgIpc) is 2.68. The van der Waals surface area contributed by atoms with Gasteiger partial charge in [-0.1, -0.05) is 60.7 Å². The number of hydrogen-bond acceptors (Lipinski definition) is 3. The monoisotopic (exact) mass is 349 g/mol. The molecule has 0 N–H and O–H groups in total. The van der Waals surface area contributed by atoms with Crippen molar-refractivity contribution >= 4 is 11.8 Å². The molecule has 26 heavy (non-hydrogen) atoms. The minimum atomic E-state index is 0.276. The van der Waals surface area contributed by atoms with Crippen LogP contribution in [0.2, 0.25) is 0 Å². The molecule has 1 heterocycles. The van der Waals surface area contributed by atoms with Gasteiger partial charge in [0, 0.05) is 50.4 Å². The summed E-state index contributed by atoms with van der Waals surface area (Å²) in [6.45, 7) is 11.2. The van der Waals surface area contributed by atoms with E-state index in [1.807, 2.05) is 0 Å². The second-order valence-electron chi connectivity index (χ2n) is 7.32. The highest BCUT2D eigenvalue weighted by atomic mass is 15.3. The molecule has 1 aromatic carbocycles. The standard InChI is InChI=1S/C23H31N3/c1-20(2)26-18-16-25(17-19-26)15-14-24-23-11-7-6-10-22(23)13-12-21-8-4-3-5-9-21/h3-13,20,22H,14-19H2,1-2H3. The molecular formula is C23H31N3. The SMILES string of the molecule is CC(C)N1CCN(CCN=C2C=CC=CC2C=Cc2ccccc2)CC1. The molecule has 1 atom stereocenters. The summed E-state index contributed by atoms with van der Waals surface area (Å²) in [5.74, 6) is 0.276. The van der Waals surface area contributed by atoms with Gasteiger partial charge in [0.1, 0.15) is 0 Å². The second-order valence-corrected chi connectivity index (χ2v) is 7.32. The molecule has 0 aromatic heterocycles. The molecule has 3 nitrogen and oxygen atoms in total. The van der Waals surface area contributed by atoms with Crippen molar-refractivity contribution in [2.45, 2.75) is 19.9 Å². The summed E-state index contributed by atoms with van der Waals surface area (Å²) >= 11 is 0. The highest BCUT2D eigenvalue weighted by Crippen LogP contribution is 2.14. The molecule has 1 aliphatic heterocycles. The van der Waals surface area contributed by atoms with Crippen LogP contribution in [0.3, 0.4) is 0 Å². The van der Waals surface area contributed by atoms with Crippen molar-refractivity contribution in [1.29, 1.82) is 0 Å². The van der Waals surface area contributed by atoms with Crippen LogP contribution in [0.1, 0.15) is 19.4 Å². The predicted molar refractivity (Wildman–Crippen MR) is 113 cm³/mol. The number of nitrogens with zero attached hydrogens (tertiary/aromatic N) is 3. The van der Waals surface area contributed by atoms with Gasteiger partial charge in [-0.05, 0) is 25.5 Å². The molecule has 0 radical (unpaired) electrons. The van der Waals surface area contributed by atoms with Crippen LogP contribution in [0.15, 0.2) is 65.7 Å². The van der Waals surface area contributed by atoms with Gasteiger partial charge in [0.15, 0.2) is 0 Å². The lowest BCUT2D eigenvalue weighted by Gasteiger charge is -2.36. The maximum Gasteiger partial charge on any atom is 0.0520 e. The Bertz CT molecular complexity index is 662.